The van der Waals surface area contributed by atoms with Crippen LogP contribution in [0.15, 0.2) is 0 Å². The van der Waals surface area contributed by atoms with E-state index in [1.807, 2.05) is 0 Å². The predicted molar refractivity (Wildman–Crippen MR) is 75.1 cm³/mol. The first-order valence-electron chi connectivity index (χ1n) is 7.22. The van der Waals surface area contributed by atoms with E-state index in [4.69, 9.17) is 9.47 Å². The first-order chi connectivity index (χ1) is 9.06. The van der Waals surface area contributed by atoms with E-state index in [0.29, 0.717) is 12.5 Å². The van der Waals surface area contributed by atoms with Crippen molar-refractivity contribution in [2.45, 2.75) is 39.3 Å². The van der Waals surface area contributed by atoms with E-state index < -0.39 is 0 Å². The molecule has 0 spiro atoms. The largest absolute Gasteiger partial charge is 0.468 e. The maximum Gasteiger partial charge on any atom is 0.322 e. The first-order valence-corrected chi connectivity index (χ1v) is 7.22. The Morgan fingerprint density at radius 2 is 2.26 bits per heavy atom. The number of carbonyl (C=O) groups is 1. The Bertz CT molecular complexity index is 271. The number of nitrogens with one attached hydrogen (secondary N) is 1. The van der Waals surface area contributed by atoms with Crippen molar-refractivity contribution in [3.63, 3.8) is 0 Å². The van der Waals surface area contributed by atoms with E-state index in [2.05, 4.69) is 31.0 Å². The number of carbonyl (C=O) groups excluding carboxylic acids is 1. The Morgan fingerprint density at radius 3 is 2.84 bits per heavy atom. The molecule has 0 aromatic rings. The van der Waals surface area contributed by atoms with Crippen molar-refractivity contribution >= 4 is 5.97 Å². The molecule has 2 atom stereocenters. The Kier molecular flexibility index (Phi) is 7.34. The van der Waals surface area contributed by atoms with Crippen molar-refractivity contribution in [2.75, 3.05) is 39.9 Å². The van der Waals surface area contributed by atoms with Crippen LogP contribution in [0, 0.1) is 5.92 Å². The van der Waals surface area contributed by atoms with Crippen LogP contribution in [0.2, 0.25) is 0 Å². The minimum atomic E-state index is -0.231. The number of rotatable bonds is 7. The fourth-order valence-electron chi connectivity index (χ4n) is 2.34. The minimum Gasteiger partial charge on any atom is -0.468 e. The van der Waals surface area contributed by atoms with Gasteiger partial charge in [0.1, 0.15) is 6.04 Å². The van der Waals surface area contributed by atoms with Crippen LogP contribution in [0.1, 0.15) is 27.2 Å². The van der Waals surface area contributed by atoms with E-state index in [-0.39, 0.29) is 18.1 Å². The minimum absolute atomic E-state index is 0.160. The van der Waals surface area contributed by atoms with Gasteiger partial charge < -0.3 is 14.8 Å². The summed E-state index contributed by atoms with van der Waals surface area (Å²) in [5.41, 5.74) is 0. The molecule has 19 heavy (non-hydrogen) atoms. The number of hydrogen-bond donors (Lipinski definition) is 1. The lowest BCUT2D eigenvalue weighted by Gasteiger charge is -2.33. The van der Waals surface area contributed by atoms with Gasteiger partial charge in [-0.2, -0.15) is 0 Å². The molecule has 1 saturated heterocycles. The van der Waals surface area contributed by atoms with E-state index in [9.17, 15) is 4.79 Å². The van der Waals surface area contributed by atoms with Crippen LogP contribution in [0.5, 0.6) is 0 Å². The van der Waals surface area contributed by atoms with Crippen LogP contribution >= 0.6 is 0 Å². The monoisotopic (exact) mass is 272 g/mol. The van der Waals surface area contributed by atoms with Gasteiger partial charge in [0.2, 0.25) is 0 Å². The number of esters is 1. The van der Waals surface area contributed by atoms with Gasteiger partial charge in [-0.05, 0) is 18.9 Å². The molecule has 1 aliphatic rings. The lowest BCUT2D eigenvalue weighted by atomic mass is 10.0. The Hall–Kier alpha value is -0.650. The fraction of sp³-hybridized carbons (Fsp3) is 0.929. The molecule has 0 amide bonds. The number of ether oxygens (including phenoxy) is 2. The van der Waals surface area contributed by atoms with Crippen LogP contribution in [0.4, 0.5) is 0 Å². The summed E-state index contributed by atoms with van der Waals surface area (Å²) in [5.74, 6) is 0.271. The highest BCUT2D eigenvalue weighted by Crippen LogP contribution is 2.08. The SMILES string of the molecule is CCN1CCOC(CNC(CC(C)C)C(=O)OC)C1. The molecule has 1 heterocycles. The van der Waals surface area contributed by atoms with Crippen LogP contribution in [0.3, 0.4) is 0 Å². The van der Waals surface area contributed by atoms with Crippen molar-refractivity contribution in [1.82, 2.24) is 10.2 Å². The van der Waals surface area contributed by atoms with Crippen molar-refractivity contribution in [1.29, 1.82) is 0 Å². The Balaban J connectivity index is 2.39. The molecule has 1 fully saturated rings. The summed E-state index contributed by atoms with van der Waals surface area (Å²) in [6.07, 6.45) is 0.949. The second kappa shape index (κ2) is 8.51. The molecule has 1 rings (SSSR count). The lowest BCUT2D eigenvalue weighted by molar-refractivity contribution is -0.143. The molecular weight excluding hydrogens is 244 g/mol. The van der Waals surface area contributed by atoms with Crippen LogP contribution in [-0.4, -0.2) is 62.9 Å². The topological polar surface area (TPSA) is 50.8 Å². The highest BCUT2D eigenvalue weighted by Gasteiger charge is 2.24. The molecule has 0 aromatic carbocycles. The van der Waals surface area contributed by atoms with Crippen LogP contribution in [-0.2, 0) is 14.3 Å². The maximum absolute atomic E-state index is 11.7. The van der Waals surface area contributed by atoms with Gasteiger partial charge in [0.25, 0.3) is 0 Å². The number of likely N-dealkylation sites (N-methyl/N-ethyl adjacent to an activating group) is 1. The van der Waals surface area contributed by atoms with Crippen molar-refractivity contribution in [3.05, 3.63) is 0 Å². The molecule has 0 bridgehead atoms. The molecule has 1 N–H and O–H groups in total. The molecule has 0 radical (unpaired) electrons. The Morgan fingerprint density at radius 1 is 1.53 bits per heavy atom. The van der Waals surface area contributed by atoms with E-state index in [0.717, 1.165) is 32.7 Å². The molecule has 0 saturated carbocycles. The molecule has 0 aromatic heterocycles. The second-order valence-electron chi connectivity index (χ2n) is 5.50. The summed E-state index contributed by atoms with van der Waals surface area (Å²) in [7, 11) is 1.44. The summed E-state index contributed by atoms with van der Waals surface area (Å²) in [5, 5.41) is 3.29. The van der Waals surface area contributed by atoms with Crippen molar-refractivity contribution in [3.8, 4) is 0 Å². The molecule has 5 heteroatoms. The standard InChI is InChI=1S/C14H28N2O3/c1-5-16-6-7-19-12(10-16)9-15-13(8-11(2)3)14(17)18-4/h11-13,15H,5-10H2,1-4H3. The van der Waals surface area contributed by atoms with Gasteiger partial charge in [-0.25, -0.2) is 0 Å². The average molecular weight is 272 g/mol. The normalized spacial score (nSPS) is 22.5. The highest BCUT2D eigenvalue weighted by atomic mass is 16.5. The van der Waals surface area contributed by atoms with Gasteiger partial charge in [-0.15, -0.1) is 0 Å². The molecular formula is C14H28N2O3. The predicted octanol–water partition coefficient (Wildman–Crippen LogP) is 0.884. The van der Waals surface area contributed by atoms with Gasteiger partial charge >= 0.3 is 5.97 Å². The number of nitrogens with zero attached hydrogens (tertiary/aromatic N) is 1. The summed E-state index contributed by atoms with van der Waals surface area (Å²) in [4.78, 5) is 14.1. The van der Waals surface area contributed by atoms with Gasteiger partial charge in [0.05, 0.1) is 19.8 Å². The molecule has 112 valence electrons. The number of hydrogen-bond acceptors (Lipinski definition) is 5. The number of morpholine rings is 1. The van der Waals surface area contributed by atoms with Crippen molar-refractivity contribution < 1.29 is 14.3 Å². The maximum atomic E-state index is 11.7. The zero-order chi connectivity index (χ0) is 14.3. The zero-order valence-electron chi connectivity index (χ0n) is 12.6. The van der Waals surface area contributed by atoms with E-state index in [1.54, 1.807) is 0 Å². The molecule has 5 nitrogen and oxygen atoms in total. The number of methoxy groups -OCH3 is 1. The third-order valence-corrected chi connectivity index (χ3v) is 3.45. The van der Waals surface area contributed by atoms with Gasteiger partial charge in [-0.3, -0.25) is 9.69 Å². The average Bonchev–Trinajstić information content (AvgIpc) is 2.42. The molecule has 0 aliphatic carbocycles. The second-order valence-corrected chi connectivity index (χ2v) is 5.50. The van der Waals surface area contributed by atoms with Crippen LogP contribution < -0.4 is 5.32 Å². The Labute approximate surface area is 116 Å². The summed E-state index contributed by atoms with van der Waals surface area (Å²) >= 11 is 0. The van der Waals surface area contributed by atoms with Crippen LogP contribution in [0.25, 0.3) is 0 Å². The summed E-state index contributed by atoms with van der Waals surface area (Å²) in [6.45, 7) is 10.8. The van der Waals surface area contributed by atoms with Gasteiger partial charge in [0, 0.05) is 19.6 Å². The third-order valence-electron chi connectivity index (χ3n) is 3.45. The fourth-order valence-corrected chi connectivity index (χ4v) is 2.34. The highest BCUT2D eigenvalue weighted by molar-refractivity contribution is 5.75. The third kappa shape index (κ3) is 5.89. The summed E-state index contributed by atoms with van der Waals surface area (Å²) in [6, 6.07) is -0.231. The zero-order valence-corrected chi connectivity index (χ0v) is 12.6. The van der Waals surface area contributed by atoms with Gasteiger partial charge in [0.15, 0.2) is 0 Å². The lowest BCUT2D eigenvalue weighted by Crippen LogP contribution is -2.49. The van der Waals surface area contributed by atoms with E-state index in [1.165, 1.54) is 7.11 Å². The van der Waals surface area contributed by atoms with Gasteiger partial charge in [-0.1, -0.05) is 20.8 Å². The molecule has 2 unspecified atom stereocenters. The molecule has 1 aliphatic heterocycles. The quantitative estimate of drug-likeness (QED) is 0.697. The smallest absolute Gasteiger partial charge is 0.322 e. The van der Waals surface area contributed by atoms with E-state index >= 15 is 0 Å². The first kappa shape index (κ1) is 16.4. The van der Waals surface area contributed by atoms with Crippen molar-refractivity contribution in [2.24, 2.45) is 5.92 Å². The summed E-state index contributed by atoms with van der Waals surface area (Å²) < 4.78 is 10.6.